The molecular weight excluding hydrogens is 246 g/mol. The summed E-state index contributed by atoms with van der Waals surface area (Å²) in [5.41, 5.74) is 12.0. The third-order valence-electron chi connectivity index (χ3n) is 2.13. The molecule has 6 heteroatoms. The van der Waals surface area contributed by atoms with E-state index in [9.17, 15) is 9.59 Å². The number of anilines is 1. The Kier molecular flexibility index (Phi) is 6.11. The minimum Gasteiger partial charge on any atom is -0.399 e. The predicted octanol–water partition coefficient (Wildman–Crippen LogP) is -0.0999. The smallest absolute Gasteiger partial charge is 0.244 e. The Labute approximate surface area is 111 Å². The van der Waals surface area contributed by atoms with Crippen molar-refractivity contribution in [2.24, 2.45) is 5.73 Å². The lowest BCUT2D eigenvalue weighted by molar-refractivity contribution is -0.122. The number of carbonyl (C=O) groups is 2. The van der Waals surface area contributed by atoms with Crippen LogP contribution in [0.15, 0.2) is 30.3 Å². The molecule has 102 valence electrons. The number of hydrogen-bond donors (Lipinski definition) is 3. The molecule has 0 spiro atoms. The molecule has 0 aromatic heterocycles. The summed E-state index contributed by atoms with van der Waals surface area (Å²) < 4.78 is 4.89. The van der Waals surface area contributed by atoms with Crippen molar-refractivity contribution >= 4 is 23.6 Å². The normalized spacial score (nSPS) is 10.5. The maximum Gasteiger partial charge on any atom is 0.244 e. The van der Waals surface area contributed by atoms with Gasteiger partial charge in [-0.1, -0.05) is 12.1 Å². The van der Waals surface area contributed by atoms with Crippen LogP contribution in [0.2, 0.25) is 0 Å². The van der Waals surface area contributed by atoms with Gasteiger partial charge in [0.05, 0.1) is 6.61 Å². The van der Waals surface area contributed by atoms with Crippen LogP contribution in [-0.4, -0.2) is 31.6 Å². The molecule has 0 aliphatic heterocycles. The largest absolute Gasteiger partial charge is 0.399 e. The van der Waals surface area contributed by atoms with Gasteiger partial charge >= 0.3 is 0 Å². The number of primary amides is 1. The average Bonchev–Trinajstić information content (AvgIpc) is 2.35. The van der Waals surface area contributed by atoms with Gasteiger partial charge in [-0.25, -0.2) is 0 Å². The van der Waals surface area contributed by atoms with Crippen molar-refractivity contribution in [3.8, 4) is 0 Å². The summed E-state index contributed by atoms with van der Waals surface area (Å²) in [6.07, 6.45) is 3.07. The van der Waals surface area contributed by atoms with Crippen LogP contribution >= 0.6 is 0 Å². The van der Waals surface area contributed by atoms with Crippen LogP contribution < -0.4 is 16.8 Å². The molecule has 1 rings (SSSR count). The second-order valence-corrected chi connectivity index (χ2v) is 3.81. The van der Waals surface area contributed by atoms with Crippen molar-refractivity contribution in [1.82, 2.24) is 5.32 Å². The molecule has 19 heavy (non-hydrogen) atoms. The molecule has 1 aromatic rings. The number of nitrogens with one attached hydrogen (secondary N) is 1. The molecular formula is C13H17N3O3. The number of amides is 2. The number of hydrogen-bond acceptors (Lipinski definition) is 4. The van der Waals surface area contributed by atoms with Crippen LogP contribution in [0.1, 0.15) is 5.56 Å². The molecule has 0 saturated carbocycles. The van der Waals surface area contributed by atoms with Gasteiger partial charge in [-0.2, -0.15) is 0 Å². The fourth-order valence-corrected chi connectivity index (χ4v) is 1.31. The number of nitrogen functional groups attached to an aromatic ring is 1. The van der Waals surface area contributed by atoms with Gasteiger partial charge in [-0.3, -0.25) is 9.59 Å². The molecule has 0 unspecified atom stereocenters. The molecule has 0 aliphatic carbocycles. The number of nitrogens with two attached hydrogens (primary N) is 2. The van der Waals surface area contributed by atoms with E-state index in [0.717, 1.165) is 5.56 Å². The van der Waals surface area contributed by atoms with Crippen LogP contribution in [0.4, 0.5) is 5.69 Å². The van der Waals surface area contributed by atoms with Gasteiger partial charge in [0, 0.05) is 18.3 Å². The molecule has 5 N–H and O–H groups in total. The Hall–Kier alpha value is -2.34. The zero-order chi connectivity index (χ0) is 14.1. The lowest BCUT2D eigenvalue weighted by Gasteiger charge is -2.02. The SMILES string of the molecule is NC(=O)COCCNC(=O)/C=C/c1cccc(N)c1. The predicted molar refractivity (Wildman–Crippen MR) is 72.9 cm³/mol. The third kappa shape index (κ3) is 6.85. The third-order valence-corrected chi connectivity index (χ3v) is 2.13. The molecule has 0 fully saturated rings. The molecule has 0 aliphatic rings. The second kappa shape index (κ2) is 7.88. The highest BCUT2D eigenvalue weighted by molar-refractivity contribution is 5.91. The molecule has 1 aromatic carbocycles. The maximum absolute atomic E-state index is 11.4. The molecule has 2 amide bonds. The van der Waals surface area contributed by atoms with Crippen LogP contribution in [0.5, 0.6) is 0 Å². The Bertz CT molecular complexity index is 472. The van der Waals surface area contributed by atoms with Crippen molar-refractivity contribution in [2.75, 3.05) is 25.5 Å². The monoisotopic (exact) mass is 263 g/mol. The first-order valence-electron chi connectivity index (χ1n) is 5.75. The fourth-order valence-electron chi connectivity index (χ4n) is 1.31. The minimum absolute atomic E-state index is 0.144. The topological polar surface area (TPSA) is 107 Å². The summed E-state index contributed by atoms with van der Waals surface area (Å²) in [4.78, 5) is 21.8. The highest BCUT2D eigenvalue weighted by Crippen LogP contribution is 2.07. The summed E-state index contributed by atoms with van der Waals surface area (Å²) in [5.74, 6) is -0.780. The first kappa shape index (κ1) is 14.7. The summed E-state index contributed by atoms with van der Waals surface area (Å²) in [7, 11) is 0. The molecule has 0 bridgehead atoms. The Balaban J connectivity index is 2.25. The second-order valence-electron chi connectivity index (χ2n) is 3.81. The van der Waals surface area contributed by atoms with E-state index in [-0.39, 0.29) is 19.1 Å². The average molecular weight is 263 g/mol. The van der Waals surface area contributed by atoms with Gasteiger partial charge in [0.15, 0.2) is 0 Å². The summed E-state index contributed by atoms with van der Waals surface area (Å²) in [6.45, 7) is 0.406. The first-order chi connectivity index (χ1) is 9.08. The lowest BCUT2D eigenvalue weighted by Crippen LogP contribution is -2.27. The molecule has 0 radical (unpaired) electrons. The maximum atomic E-state index is 11.4. The van der Waals surface area contributed by atoms with E-state index < -0.39 is 5.91 Å². The van der Waals surface area contributed by atoms with Crippen LogP contribution in [-0.2, 0) is 14.3 Å². The lowest BCUT2D eigenvalue weighted by atomic mass is 10.2. The van der Waals surface area contributed by atoms with Crippen molar-refractivity contribution in [1.29, 1.82) is 0 Å². The molecule has 0 heterocycles. The van der Waals surface area contributed by atoms with Crippen LogP contribution in [0.25, 0.3) is 6.08 Å². The Morgan fingerprint density at radius 1 is 1.37 bits per heavy atom. The van der Waals surface area contributed by atoms with E-state index in [1.54, 1.807) is 18.2 Å². The quantitative estimate of drug-likeness (QED) is 0.362. The van der Waals surface area contributed by atoms with E-state index in [2.05, 4.69) is 5.32 Å². The standard InChI is InChI=1S/C13H17N3O3/c14-11-3-1-2-10(8-11)4-5-13(18)16-6-7-19-9-12(15)17/h1-5,8H,6-7,9,14H2,(H2,15,17)(H,16,18)/b5-4+. The molecule has 6 nitrogen and oxygen atoms in total. The number of rotatable bonds is 7. The minimum atomic E-state index is -0.534. The first-order valence-corrected chi connectivity index (χ1v) is 5.75. The van der Waals surface area contributed by atoms with E-state index >= 15 is 0 Å². The van der Waals surface area contributed by atoms with Crippen LogP contribution in [0, 0.1) is 0 Å². The number of benzene rings is 1. The number of ether oxygens (including phenoxy) is 1. The van der Waals surface area contributed by atoms with Gasteiger partial charge in [-0.15, -0.1) is 0 Å². The van der Waals surface area contributed by atoms with E-state index in [4.69, 9.17) is 16.2 Å². The van der Waals surface area contributed by atoms with Crippen molar-refractivity contribution in [2.45, 2.75) is 0 Å². The fraction of sp³-hybridized carbons (Fsp3) is 0.231. The van der Waals surface area contributed by atoms with Gasteiger partial charge in [0.2, 0.25) is 11.8 Å². The van der Waals surface area contributed by atoms with Gasteiger partial charge in [0.1, 0.15) is 6.61 Å². The Morgan fingerprint density at radius 2 is 2.16 bits per heavy atom. The zero-order valence-electron chi connectivity index (χ0n) is 10.5. The van der Waals surface area contributed by atoms with Gasteiger partial charge in [-0.05, 0) is 23.8 Å². The van der Waals surface area contributed by atoms with Gasteiger partial charge < -0.3 is 21.5 Å². The van der Waals surface area contributed by atoms with E-state index in [1.807, 2.05) is 12.1 Å². The summed E-state index contributed by atoms with van der Waals surface area (Å²) in [6, 6.07) is 7.19. The van der Waals surface area contributed by atoms with Crippen molar-refractivity contribution in [3.63, 3.8) is 0 Å². The van der Waals surface area contributed by atoms with E-state index in [0.29, 0.717) is 12.2 Å². The summed E-state index contributed by atoms with van der Waals surface area (Å²) >= 11 is 0. The van der Waals surface area contributed by atoms with Gasteiger partial charge in [0.25, 0.3) is 0 Å². The Morgan fingerprint density at radius 3 is 2.84 bits per heavy atom. The zero-order valence-corrected chi connectivity index (χ0v) is 10.5. The highest BCUT2D eigenvalue weighted by Gasteiger charge is 1.97. The van der Waals surface area contributed by atoms with E-state index in [1.165, 1.54) is 6.08 Å². The van der Waals surface area contributed by atoms with Crippen molar-refractivity contribution in [3.05, 3.63) is 35.9 Å². The molecule has 0 saturated heterocycles. The highest BCUT2D eigenvalue weighted by atomic mass is 16.5. The van der Waals surface area contributed by atoms with Crippen molar-refractivity contribution < 1.29 is 14.3 Å². The molecule has 0 atom stereocenters. The number of carbonyl (C=O) groups excluding carboxylic acids is 2. The summed E-state index contributed by atoms with van der Waals surface area (Å²) in [5, 5.41) is 2.61. The van der Waals surface area contributed by atoms with Crippen LogP contribution in [0.3, 0.4) is 0 Å².